The number of alkyl halides is 1. The minimum Gasteiger partial charge on any atom is -0.303 e. The third-order valence-electron chi connectivity index (χ3n) is 4.27. The molecule has 1 heterocycles. The standard InChI is InChI=1S/C15H25ClN2S/c1-12-6-3-4-7-14(12)18(2)9-5-8-15-17-13(10-16)11-19-15/h11-12,14H,3-10H2,1-2H3. The minimum atomic E-state index is 0.538. The molecule has 1 aliphatic rings. The zero-order valence-corrected chi connectivity index (χ0v) is 13.6. The zero-order chi connectivity index (χ0) is 13.7. The van der Waals surface area contributed by atoms with Crippen molar-refractivity contribution in [1.29, 1.82) is 0 Å². The summed E-state index contributed by atoms with van der Waals surface area (Å²) in [6.45, 7) is 3.60. The average Bonchev–Trinajstić information content (AvgIpc) is 2.87. The van der Waals surface area contributed by atoms with E-state index in [1.807, 2.05) is 0 Å². The van der Waals surface area contributed by atoms with E-state index in [9.17, 15) is 0 Å². The van der Waals surface area contributed by atoms with E-state index in [0.29, 0.717) is 5.88 Å². The predicted octanol–water partition coefficient (Wildman–Crippen LogP) is 4.33. The Balaban J connectivity index is 1.72. The molecule has 1 aromatic heterocycles. The van der Waals surface area contributed by atoms with Crippen molar-refractivity contribution in [2.45, 2.75) is 57.4 Å². The van der Waals surface area contributed by atoms with Crippen LogP contribution in [0.2, 0.25) is 0 Å². The van der Waals surface area contributed by atoms with E-state index in [0.717, 1.165) is 24.1 Å². The monoisotopic (exact) mass is 300 g/mol. The fraction of sp³-hybridized carbons (Fsp3) is 0.800. The molecule has 0 saturated heterocycles. The highest BCUT2D eigenvalue weighted by Gasteiger charge is 2.24. The maximum atomic E-state index is 5.78. The van der Waals surface area contributed by atoms with Crippen LogP contribution in [0.25, 0.3) is 0 Å². The molecule has 0 aliphatic heterocycles. The van der Waals surface area contributed by atoms with Gasteiger partial charge in [0.25, 0.3) is 0 Å². The molecule has 4 heteroatoms. The van der Waals surface area contributed by atoms with Crippen LogP contribution in [-0.2, 0) is 12.3 Å². The normalized spacial score (nSPS) is 24.0. The van der Waals surface area contributed by atoms with Gasteiger partial charge in [-0.15, -0.1) is 22.9 Å². The van der Waals surface area contributed by atoms with Crippen molar-refractivity contribution in [3.8, 4) is 0 Å². The molecule has 1 aromatic rings. The van der Waals surface area contributed by atoms with Gasteiger partial charge in [-0.3, -0.25) is 0 Å². The summed E-state index contributed by atoms with van der Waals surface area (Å²) < 4.78 is 0. The first-order valence-corrected chi connectivity index (χ1v) is 8.81. The topological polar surface area (TPSA) is 16.1 Å². The van der Waals surface area contributed by atoms with Crippen molar-refractivity contribution in [3.63, 3.8) is 0 Å². The summed E-state index contributed by atoms with van der Waals surface area (Å²) in [5, 5.41) is 3.32. The van der Waals surface area contributed by atoms with Crippen molar-refractivity contribution in [1.82, 2.24) is 9.88 Å². The van der Waals surface area contributed by atoms with Crippen LogP contribution in [0.4, 0.5) is 0 Å². The van der Waals surface area contributed by atoms with Gasteiger partial charge in [0.2, 0.25) is 0 Å². The fourth-order valence-corrected chi connectivity index (χ4v) is 4.19. The van der Waals surface area contributed by atoms with Crippen LogP contribution in [0.1, 0.15) is 49.7 Å². The van der Waals surface area contributed by atoms with Gasteiger partial charge in [-0.1, -0.05) is 19.8 Å². The van der Waals surface area contributed by atoms with Crippen LogP contribution in [0.5, 0.6) is 0 Å². The molecule has 2 atom stereocenters. The highest BCUT2D eigenvalue weighted by atomic mass is 35.5. The Morgan fingerprint density at radius 1 is 1.42 bits per heavy atom. The zero-order valence-electron chi connectivity index (χ0n) is 12.1. The quantitative estimate of drug-likeness (QED) is 0.727. The first kappa shape index (κ1) is 15.3. The van der Waals surface area contributed by atoms with Gasteiger partial charge in [0, 0.05) is 17.8 Å². The molecule has 0 spiro atoms. The molecule has 0 bridgehead atoms. The van der Waals surface area contributed by atoms with Gasteiger partial charge < -0.3 is 4.90 Å². The second kappa shape index (κ2) is 7.61. The number of aromatic nitrogens is 1. The summed E-state index contributed by atoms with van der Waals surface area (Å²) in [6, 6.07) is 0.795. The Kier molecular flexibility index (Phi) is 6.11. The van der Waals surface area contributed by atoms with Gasteiger partial charge in [0.15, 0.2) is 0 Å². The van der Waals surface area contributed by atoms with E-state index >= 15 is 0 Å². The van der Waals surface area contributed by atoms with Gasteiger partial charge in [-0.25, -0.2) is 4.98 Å². The smallest absolute Gasteiger partial charge is 0.0929 e. The molecule has 108 valence electrons. The third-order valence-corrected chi connectivity index (χ3v) is 5.50. The van der Waals surface area contributed by atoms with E-state index in [1.165, 1.54) is 43.7 Å². The van der Waals surface area contributed by atoms with E-state index in [1.54, 1.807) is 11.3 Å². The predicted molar refractivity (Wildman–Crippen MR) is 84.0 cm³/mol. The number of nitrogens with zero attached hydrogens (tertiary/aromatic N) is 2. The number of aryl methyl sites for hydroxylation is 1. The molecule has 1 saturated carbocycles. The lowest BCUT2D eigenvalue weighted by Crippen LogP contribution is -2.39. The minimum absolute atomic E-state index is 0.538. The molecule has 2 rings (SSSR count). The van der Waals surface area contributed by atoms with E-state index in [4.69, 9.17) is 11.6 Å². The van der Waals surface area contributed by atoms with Crippen LogP contribution in [0, 0.1) is 5.92 Å². The van der Waals surface area contributed by atoms with Gasteiger partial charge in [0.1, 0.15) is 0 Å². The molecule has 1 fully saturated rings. The molecule has 2 nitrogen and oxygen atoms in total. The second-order valence-electron chi connectivity index (χ2n) is 5.78. The Bertz CT molecular complexity index is 380. The summed E-state index contributed by atoms with van der Waals surface area (Å²) in [4.78, 5) is 7.09. The summed E-state index contributed by atoms with van der Waals surface area (Å²) in [6.07, 6.45) is 7.91. The summed E-state index contributed by atoms with van der Waals surface area (Å²) in [5.74, 6) is 1.40. The van der Waals surface area contributed by atoms with Crippen LogP contribution in [0.3, 0.4) is 0 Å². The number of hydrogen-bond acceptors (Lipinski definition) is 3. The Hall–Kier alpha value is -0.120. The number of thiazole rings is 1. The van der Waals surface area contributed by atoms with Gasteiger partial charge in [-0.2, -0.15) is 0 Å². The largest absolute Gasteiger partial charge is 0.303 e. The van der Waals surface area contributed by atoms with Crippen LogP contribution in [0.15, 0.2) is 5.38 Å². The first-order chi connectivity index (χ1) is 9.20. The van der Waals surface area contributed by atoms with E-state index < -0.39 is 0 Å². The summed E-state index contributed by atoms with van der Waals surface area (Å²) in [7, 11) is 2.29. The van der Waals surface area contributed by atoms with Gasteiger partial charge >= 0.3 is 0 Å². The molecule has 0 radical (unpaired) electrons. The fourth-order valence-electron chi connectivity index (χ4n) is 3.12. The lowest BCUT2D eigenvalue weighted by atomic mass is 9.85. The Morgan fingerprint density at radius 3 is 2.89 bits per heavy atom. The lowest BCUT2D eigenvalue weighted by molar-refractivity contribution is 0.138. The van der Waals surface area contributed by atoms with Crippen molar-refractivity contribution in [2.75, 3.05) is 13.6 Å². The average molecular weight is 301 g/mol. The summed E-state index contributed by atoms with van der Waals surface area (Å²) in [5.41, 5.74) is 1.02. The van der Waals surface area contributed by atoms with E-state index in [-0.39, 0.29) is 0 Å². The summed E-state index contributed by atoms with van der Waals surface area (Å²) >= 11 is 7.53. The lowest BCUT2D eigenvalue weighted by Gasteiger charge is -2.36. The highest BCUT2D eigenvalue weighted by Crippen LogP contribution is 2.27. The number of rotatable bonds is 6. The molecule has 19 heavy (non-hydrogen) atoms. The van der Waals surface area contributed by atoms with Gasteiger partial charge in [0.05, 0.1) is 16.6 Å². The number of hydrogen-bond donors (Lipinski definition) is 0. The van der Waals surface area contributed by atoms with Crippen molar-refractivity contribution >= 4 is 22.9 Å². The van der Waals surface area contributed by atoms with Crippen LogP contribution in [-0.4, -0.2) is 29.5 Å². The molecular weight excluding hydrogens is 276 g/mol. The van der Waals surface area contributed by atoms with E-state index in [2.05, 4.69) is 29.2 Å². The molecular formula is C15H25ClN2S. The maximum Gasteiger partial charge on any atom is 0.0929 e. The first-order valence-electron chi connectivity index (χ1n) is 7.40. The van der Waals surface area contributed by atoms with Crippen molar-refractivity contribution < 1.29 is 0 Å². The molecule has 0 aromatic carbocycles. The number of halogens is 1. The van der Waals surface area contributed by atoms with Crippen molar-refractivity contribution in [3.05, 3.63) is 16.1 Å². The Labute approximate surface area is 126 Å². The Morgan fingerprint density at radius 2 is 2.21 bits per heavy atom. The molecule has 1 aliphatic carbocycles. The SMILES string of the molecule is CC1CCCCC1N(C)CCCc1nc(CCl)cs1. The van der Waals surface area contributed by atoms with Crippen LogP contribution < -0.4 is 0 Å². The van der Waals surface area contributed by atoms with Crippen LogP contribution >= 0.6 is 22.9 Å². The highest BCUT2D eigenvalue weighted by molar-refractivity contribution is 7.09. The second-order valence-corrected chi connectivity index (χ2v) is 6.99. The molecule has 0 amide bonds. The third kappa shape index (κ3) is 4.44. The maximum absolute atomic E-state index is 5.78. The molecule has 2 unspecified atom stereocenters. The molecule has 0 N–H and O–H groups in total. The van der Waals surface area contributed by atoms with Gasteiger partial charge in [-0.05, 0) is 38.8 Å². The van der Waals surface area contributed by atoms with Crippen molar-refractivity contribution in [2.24, 2.45) is 5.92 Å².